The Morgan fingerprint density at radius 1 is 1.12 bits per heavy atom. The van der Waals surface area contributed by atoms with Crippen LogP contribution in [0.25, 0.3) is 0 Å². The third-order valence-corrected chi connectivity index (χ3v) is 2.01. The average molecular weight is 121 g/mol. The van der Waals surface area contributed by atoms with E-state index >= 15 is 0 Å². The second-order valence-electron chi connectivity index (χ2n) is 2.39. The number of hydrogen-bond donors (Lipinski definition) is 0. The molecule has 3 heteroatoms. The van der Waals surface area contributed by atoms with Crippen molar-refractivity contribution >= 4 is 17.0 Å². The van der Waals surface area contributed by atoms with Gasteiger partial charge in [-0.25, -0.2) is 0 Å². The van der Waals surface area contributed by atoms with Crippen LogP contribution in [-0.4, -0.2) is 20.2 Å². The van der Waals surface area contributed by atoms with Gasteiger partial charge in [-0.1, -0.05) is 20.8 Å². The Morgan fingerprint density at radius 2 is 1.25 bits per heavy atom. The summed E-state index contributed by atoms with van der Waals surface area (Å²) in [4.78, 5) is 0. The summed E-state index contributed by atoms with van der Waals surface area (Å²) in [5, 5.41) is 0.514. The maximum Gasteiger partial charge on any atom is 1.00 e. The molecule has 0 aliphatic carbocycles. The van der Waals surface area contributed by atoms with Gasteiger partial charge in [-0.05, 0) is 0 Å². The smallest absolute Gasteiger partial charge is 0.537 e. The van der Waals surface area contributed by atoms with Crippen LogP contribution in [0.2, 0.25) is 0 Å². The van der Waals surface area contributed by atoms with Crippen molar-refractivity contribution < 1.29 is 18.9 Å². The van der Waals surface area contributed by atoms with Gasteiger partial charge in [0.2, 0.25) is 0 Å². The summed E-state index contributed by atoms with van der Waals surface area (Å²) in [5.74, 6) is 0. The monoisotopic (exact) mass is 121 g/mol. The molecule has 0 bridgehead atoms. The molecule has 8 heavy (non-hydrogen) atoms. The van der Waals surface area contributed by atoms with Gasteiger partial charge in [0, 0.05) is 8.41 Å². The van der Waals surface area contributed by atoms with E-state index in [0.717, 1.165) is 0 Å². The summed E-state index contributed by atoms with van der Waals surface area (Å²) in [5.41, 5.74) is 0. The molecule has 0 atom stereocenters. The van der Waals surface area contributed by atoms with Gasteiger partial charge in [-0.2, -0.15) is 11.8 Å². The molecule has 0 fully saturated rings. The first-order chi connectivity index (χ1) is 2.56. The predicted octanol–water partition coefficient (Wildman–Crippen LogP) is -1.02. The summed E-state index contributed by atoms with van der Waals surface area (Å²) in [6, 6.07) is 0. The van der Waals surface area contributed by atoms with Gasteiger partial charge < -0.3 is 8.58 Å². The third-order valence-electron chi connectivity index (χ3n) is 0.671. The van der Waals surface area contributed by atoms with E-state index in [-0.39, 0.29) is 27.3 Å². The fourth-order valence-corrected chi connectivity index (χ4v) is 0. The molecule has 0 heterocycles. The quantitative estimate of drug-likeness (QED) is 0.284. The van der Waals surface area contributed by atoms with Crippen molar-refractivity contribution in [3.05, 3.63) is 0 Å². The topological polar surface area (TPSA) is 0 Å². The van der Waals surface area contributed by atoms with Crippen LogP contribution >= 0.6 is 8.58 Å². The van der Waals surface area contributed by atoms with Gasteiger partial charge >= 0.3 is 18.9 Å². The van der Waals surface area contributed by atoms with Gasteiger partial charge in [0.1, 0.15) is 0 Å². The molecule has 0 aromatic carbocycles. The molecular weight excluding hydrogens is 109 g/mol. The summed E-state index contributed by atoms with van der Waals surface area (Å²) in [7, 11) is 1.47. The van der Waals surface area contributed by atoms with Gasteiger partial charge in [-0.3, -0.25) is 0 Å². The van der Waals surface area contributed by atoms with E-state index in [0.29, 0.717) is 5.16 Å². The van der Waals surface area contributed by atoms with Crippen molar-refractivity contribution in [1.29, 1.82) is 0 Å². The van der Waals surface area contributed by atoms with Gasteiger partial charge in [-0.15, -0.1) is 0 Å². The Bertz CT molecular complexity index is 42.2. The van der Waals surface area contributed by atoms with Crippen LogP contribution in [0.15, 0.2) is 0 Å². The van der Waals surface area contributed by atoms with E-state index in [1.54, 1.807) is 0 Å². The number of hydrogen-bond acceptors (Lipinski definition) is 0. The molecule has 0 spiro atoms. The fourth-order valence-electron chi connectivity index (χ4n) is 0. The summed E-state index contributed by atoms with van der Waals surface area (Å²) in [6.07, 6.45) is 0. The van der Waals surface area contributed by atoms with Crippen molar-refractivity contribution in [1.82, 2.24) is 0 Å². The molecule has 0 unspecified atom stereocenters. The van der Waals surface area contributed by atoms with Crippen LogP contribution < -0.4 is 18.9 Å². The number of rotatable bonds is 0. The Kier molecular flexibility index (Phi) is 12.5. The van der Waals surface area contributed by atoms with E-state index in [2.05, 4.69) is 27.4 Å². The zero-order chi connectivity index (χ0) is 5.21. The molecule has 0 amide bonds. The van der Waals surface area contributed by atoms with Crippen molar-refractivity contribution in [3.63, 3.8) is 0 Å². The molecule has 0 nitrogen and oxygen atoms in total. The van der Waals surface area contributed by atoms with Crippen LogP contribution in [0.5, 0.6) is 0 Å². The minimum atomic E-state index is 0. The molecule has 0 rings (SSSR count). The Morgan fingerprint density at radius 3 is 1.25 bits per heavy atom. The second-order valence-corrected chi connectivity index (χ2v) is 4.18. The summed E-state index contributed by atoms with van der Waals surface area (Å²) < 4.78 is 0. The molecule has 0 aliphatic rings. The van der Waals surface area contributed by atoms with Crippen LogP contribution in [0.1, 0.15) is 20.8 Å². The molecule has 3 radical (unpaired) electrons. The normalized spacial score (nSPS) is 10.5. The molecule has 41 valence electrons. The first-order valence-electron chi connectivity index (χ1n) is 2.17. The second kappa shape index (κ2) is 6.22. The first-order valence-corrected chi connectivity index (χ1v) is 3.51. The standard InChI is InChI=1S/C5H12P.B.Li/c1-5(2,3)6-4;;/h1-4H3;;/q-1;;+1. The minimum Gasteiger partial charge on any atom is -0.537 e. The van der Waals surface area contributed by atoms with E-state index in [9.17, 15) is 0 Å². The third kappa shape index (κ3) is 15.7. The van der Waals surface area contributed by atoms with Gasteiger partial charge in [0.05, 0.1) is 0 Å². The minimum absolute atomic E-state index is 0. The molecule has 0 saturated heterocycles. The molecule has 0 saturated carbocycles. The average Bonchev–Trinajstić information content (AvgIpc) is 1.35. The fraction of sp³-hybridized carbons (Fsp3) is 1.00. The van der Waals surface area contributed by atoms with Crippen molar-refractivity contribution in [3.8, 4) is 0 Å². The molecule has 0 aliphatic heterocycles. The predicted molar refractivity (Wildman–Crippen MR) is 38.4 cm³/mol. The van der Waals surface area contributed by atoms with Gasteiger partial charge in [0.15, 0.2) is 0 Å². The van der Waals surface area contributed by atoms with Crippen LogP contribution in [0, 0.1) is 0 Å². The van der Waals surface area contributed by atoms with Crippen LogP contribution in [-0.2, 0) is 0 Å². The summed E-state index contributed by atoms with van der Waals surface area (Å²) >= 11 is 0. The Labute approximate surface area is 68.7 Å². The molecular formula is C5H12BLiP. The largest absolute Gasteiger partial charge is 1.00 e. The van der Waals surface area contributed by atoms with Crippen molar-refractivity contribution in [2.45, 2.75) is 25.9 Å². The zero-order valence-corrected chi connectivity index (χ0v) is 7.42. The zero-order valence-electron chi connectivity index (χ0n) is 6.52. The van der Waals surface area contributed by atoms with Crippen LogP contribution in [0.4, 0.5) is 0 Å². The Balaban J connectivity index is -0.000000125. The van der Waals surface area contributed by atoms with Crippen molar-refractivity contribution in [2.75, 3.05) is 6.66 Å². The molecule has 0 N–H and O–H groups in total. The SMILES string of the molecule is C[P-]C(C)(C)C.[B].[Li+]. The van der Waals surface area contributed by atoms with Crippen LogP contribution in [0.3, 0.4) is 0 Å². The van der Waals surface area contributed by atoms with E-state index in [1.165, 1.54) is 8.58 Å². The maximum atomic E-state index is 2.23. The van der Waals surface area contributed by atoms with E-state index in [4.69, 9.17) is 0 Å². The summed E-state index contributed by atoms with van der Waals surface area (Å²) in [6.45, 7) is 8.87. The van der Waals surface area contributed by atoms with E-state index < -0.39 is 0 Å². The maximum absolute atomic E-state index is 2.23. The Hall–Kier alpha value is 1.09. The molecule has 0 aromatic rings. The van der Waals surface area contributed by atoms with Gasteiger partial charge in [0.25, 0.3) is 0 Å². The first kappa shape index (κ1) is 16.0. The van der Waals surface area contributed by atoms with Crippen molar-refractivity contribution in [2.24, 2.45) is 0 Å². The molecule has 0 aromatic heterocycles. The van der Waals surface area contributed by atoms with E-state index in [1.807, 2.05) is 0 Å².